The SMILES string of the molecule is CCCCCCCC(=O)NC1c2ccccc2CC1NC(=O)c1cc(C(F)(F)F)cc(NC=O)c1O. The van der Waals surface area contributed by atoms with Crippen LogP contribution in [0.25, 0.3) is 0 Å². The van der Waals surface area contributed by atoms with Gasteiger partial charge in [-0.3, -0.25) is 14.4 Å². The molecule has 36 heavy (non-hydrogen) atoms. The van der Waals surface area contributed by atoms with Gasteiger partial charge < -0.3 is 21.1 Å². The number of benzene rings is 2. The summed E-state index contributed by atoms with van der Waals surface area (Å²) >= 11 is 0. The molecule has 0 aromatic heterocycles. The third kappa shape index (κ3) is 6.56. The molecule has 7 nitrogen and oxygen atoms in total. The number of nitrogens with one attached hydrogen (secondary N) is 3. The van der Waals surface area contributed by atoms with Crippen LogP contribution in [0.3, 0.4) is 0 Å². The number of hydrogen-bond donors (Lipinski definition) is 4. The van der Waals surface area contributed by atoms with Crippen LogP contribution in [-0.2, 0) is 22.2 Å². The number of carbonyl (C=O) groups excluding carboxylic acids is 3. The second-order valence-corrected chi connectivity index (χ2v) is 8.87. The summed E-state index contributed by atoms with van der Waals surface area (Å²) in [7, 11) is 0. The highest BCUT2D eigenvalue weighted by Crippen LogP contribution is 2.38. The number of amides is 3. The van der Waals surface area contributed by atoms with Gasteiger partial charge in [-0.25, -0.2) is 0 Å². The first-order chi connectivity index (χ1) is 17.2. The van der Waals surface area contributed by atoms with Gasteiger partial charge in [-0.05, 0) is 36.1 Å². The van der Waals surface area contributed by atoms with E-state index in [-0.39, 0.29) is 12.3 Å². The van der Waals surface area contributed by atoms with Gasteiger partial charge in [0.05, 0.1) is 28.9 Å². The van der Waals surface area contributed by atoms with Crippen molar-refractivity contribution in [1.82, 2.24) is 10.6 Å². The minimum atomic E-state index is -4.81. The van der Waals surface area contributed by atoms with Crippen LogP contribution in [0.5, 0.6) is 5.75 Å². The Morgan fingerprint density at radius 2 is 1.81 bits per heavy atom. The molecule has 2 atom stereocenters. The smallest absolute Gasteiger partial charge is 0.416 e. The van der Waals surface area contributed by atoms with E-state index in [1.165, 1.54) is 0 Å². The zero-order chi connectivity index (χ0) is 26.3. The van der Waals surface area contributed by atoms with Crippen LogP contribution in [0.1, 0.15) is 78.5 Å². The van der Waals surface area contributed by atoms with Gasteiger partial charge in [0, 0.05) is 6.42 Å². The Morgan fingerprint density at radius 3 is 2.50 bits per heavy atom. The fraction of sp³-hybridized carbons (Fsp3) is 0.423. The van der Waals surface area contributed by atoms with Crippen molar-refractivity contribution in [2.75, 3.05) is 5.32 Å². The first kappa shape index (κ1) is 27.0. The first-order valence-corrected chi connectivity index (χ1v) is 12.0. The van der Waals surface area contributed by atoms with Crippen LogP contribution in [-0.4, -0.2) is 29.4 Å². The number of halogens is 3. The number of fused-ring (bicyclic) bond motifs is 1. The third-order valence-corrected chi connectivity index (χ3v) is 6.27. The summed E-state index contributed by atoms with van der Waals surface area (Å²) < 4.78 is 40.1. The Balaban J connectivity index is 1.80. The molecule has 10 heteroatoms. The average Bonchev–Trinajstić information content (AvgIpc) is 3.16. The van der Waals surface area contributed by atoms with Crippen LogP contribution in [0, 0.1) is 0 Å². The highest BCUT2D eigenvalue weighted by molar-refractivity contribution is 6.00. The lowest BCUT2D eigenvalue weighted by molar-refractivity contribution is -0.137. The average molecular weight is 506 g/mol. The molecule has 4 N–H and O–H groups in total. The zero-order valence-electron chi connectivity index (χ0n) is 20.0. The number of unbranched alkanes of at least 4 members (excludes halogenated alkanes) is 4. The topological polar surface area (TPSA) is 108 Å². The van der Waals surface area contributed by atoms with Crippen LogP contribution in [0.4, 0.5) is 18.9 Å². The van der Waals surface area contributed by atoms with Crippen LogP contribution >= 0.6 is 0 Å². The molecular weight excluding hydrogens is 475 g/mol. The van der Waals surface area contributed by atoms with Gasteiger partial charge in [-0.1, -0.05) is 56.9 Å². The Labute approximate surface area is 207 Å². The summed E-state index contributed by atoms with van der Waals surface area (Å²) in [4.78, 5) is 36.5. The van der Waals surface area contributed by atoms with E-state index in [1.807, 2.05) is 29.6 Å². The maximum absolute atomic E-state index is 13.4. The van der Waals surface area contributed by atoms with E-state index in [4.69, 9.17) is 0 Å². The Morgan fingerprint density at radius 1 is 1.08 bits per heavy atom. The quantitative estimate of drug-likeness (QED) is 0.199. The highest BCUT2D eigenvalue weighted by atomic mass is 19.4. The summed E-state index contributed by atoms with van der Waals surface area (Å²) in [6, 6.07) is 7.20. The van der Waals surface area contributed by atoms with Gasteiger partial charge in [0.15, 0.2) is 5.75 Å². The Kier molecular flexibility index (Phi) is 8.95. The molecule has 2 unspecified atom stereocenters. The lowest BCUT2D eigenvalue weighted by atomic mass is 10.0. The molecule has 0 fully saturated rings. The monoisotopic (exact) mass is 505 g/mol. The van der Waals surface area contributed by atoms with Crippen LogP contribution < -0.4 is 16.0 Å². The van der Waals surface area contributed by atoms with Gasteiger partial charge >= 0.3 is 6.18 Å². The molecule has 1 aliphatic carbocycles. The molecule has 0 saturated heterocycles. The van der Waals surface area contributed by atoms with Crippen molar-refractivity contribution >= 4 is 23.9 Å². The van der Waals surface area contributed by atoms with E-state index in [0.29, 0.717) is 25.0 Å². The van der Waals surface area contributed by atoms with E-state index < -0.39 is 46.7 Å². The van der Waals surface area contributed by atoms with E-state index >= 15 is 0 Å². The third-order valence-electron chi connectivity index (χ3n) is 6.27. The summed E-state index contributed by atoms with van der Waals surface area (Å²) in [6.07, 6.45) is 0.920. The maximum atomic E-state index is 13.4. The van der Waals surface area contributed by atoms with Gasteiger partial charge in [-0.15, -0.1) is 0 Å². The van der Waals surface area contributed by atoms with Crippen molar-refractivity contribution in [1.29, 1.82) is 0 Å². The number of aromatic hydroxyl groups is 1. The molecule has 0 radical (unpaired) electrons. The number of hydrogen-bond acceptors (Lipinski definition) is 4. The lowest BCUT2D eigenvalue weighted by Crippen LogP contribution is -2.44. The number of phenolic OH excluding ortho intramolecular Hbond substituents is 1. The molecular formula is C26H30F3N3O4. The second kappa shape index (κ2) is 11.9. The van der Waals surface area contributed by atoms with Crippen molar-refractivity contribution in [2.45, 2.75) is 70.1 Å². The highest BCUT2D eigenvalue weighted by Gasteiger charge is 2.37. The molecule has 2 aromatic rings. The maximum Gasteiger partial charge on any atom is 0.416 e. The molecule has 2 aromatic carbocycles. The van der Waals surface area contributed by atoms with Crippen molar-refractivity contribution < 1.29 is 32.7 Å². The van der Waals surface area contributed by atoms with Crippen molar-refractivity contribution in [3.8, 4) is 5.75 Å². The van der Waals surface area contributed by atoms with E-state index in [2.05, 4.69) is 17.6 Å². The number of anilines is 1. The van der Waals surface area contributed by atoms with Crippen LogP contribution in [0.2, 0.25) is 0 Å². The van der Waals surface area contributed by atoms with E-state index in [0.717, 1.165) is 43.2 Å². The molecule has 194 valence electrons. The predicted octanol–water partition coefficient (Wildman–Crippen LogP) is 4.85. The van der Waals surface area contributed by atoms with Crippen molar-refractivity contribution in [3.63, 3.8) is 0 Å². The van der Waals surface area contributed by atoms with E-state index in [1.54, 1.807) is 0 Å². The number of carbonyl (C=O) groups is 3. The molecule has 3 rings (SSSR count). The normalized spacial score (nSPS) is 16.8. The molecule has 0 saturated carbocycles. The first-order valence-electron chi connectivity index (χ1n) is 12.0. The number of rotatable bonds is 11. The number of phenols is 1. The van der Waals surface area contributed by atoms with Crippen molar-refractivity contribution in [3.05, 3.63) is 58.7 Å². The summed E-state index contributed by atoms with van der Waals surface area (Å²) in [5.74, 6) is -1.91. The molecule has 3 amide bonds. The predicted molar refractivity (Wildman–Crippen MR) is 128 cm³/mol. The minimum absolute atomic E-state index is 0.109. The standard InChI is InChI=1S/C26H30F3N3O4/c1-2-3-4-5-6-11-22(34)32-23-18-10-8-7-9-16(18)12-20(23)31-25(36)19-13-17(26(27,28)29)14-21(24(19)35)30-15-33/h7-10,13-15,20,23,35H,2-6,11-12H2,1H3,(H,30,33)(H,31,36)(H,32,34). The molecule has 0 heterocycles. The molecule has 0 bridgehead atoms. The summed E-state index contributed by atoms with van der Waals surface area (Å²) in [5, 5.41) is 18.0. The molecule has 1 aliphatic rings. The summed E-state index contributed by atoms with van der Waals surface area (Å²) in [5.41, 5.74) is -0.650. The van der Waals surface area contributed by atoms with Gasteiger partial charge in [0.25, 0.3) is 5.91 Å². The van der Waals surface area contributed by atoms with Gasteiger partial charge in [0.2, 0.25) is 12.3 Å². The summed E-state index contributed by atoms with van der Waals surface area (Å²) in [6.45, 7) is 2.11. The van der Waals surface area contributed by atoms with Crippen molar-refractivity contribution in [2.24, 2.45) is 0 Å². The second-order valence-electron chi connectivity index (χ2n) is 8.87. The van der Waals surface area contributed by atoms with Crippen LogP contribution in [0.15, 0.2) is 36.4 Å². The largest absolute Gasteiger partial charge is 0.505 e. The molecule has 0 aliphatic heterocycles. The van der Waals surface area contributed by atoms with Gasteiger partial charge in [-0.2, -0.15) is 13.2 Å². The Hall–Kier alpha value is -3.56. The van der Waals surface area contributed by atoms with E-state index in [9.17, 15) is 32.7 Å². The fourth-order valence-electron chi connectivity index (χ4n) is 4.43. The Bertz CT molecular complexity index is 1100. The fourth-order valence-corrected chi connectivity index (χ4v) is 4.43. The number of alkyl halides is 3. The van der Waals surface area contributed by atoms with Gasteiger partial charge in [0.1, 0.15) is 0 Å². The minimum Gasteiger partial charge on any atom is -0.505 e. The lowest BCUT2D eigenvalue weighted by Gasteiger charge is -2.24. The molecule has 0 spiro atoms. The zero-order valence-corrected chi connectivity index (χ0v) is 20.0.